The molecule has 2 aromatic heterocycles. The summed E-state index contributed by atoms with van der Waals surface area (Å²) >= 11 is 0. The number of carboxylic acids is 1. The quantitative estimate of drug-likeness (QED) is 0.366. The van der Waals surface area contributed by atoms with Gasteiger partial charge in [-0.05, 0) is 48.4 Å². The fourth-order valence-electron chi connectivity index (χ4n) is 3.70. The third-order valence-corrected chi connectivity index (χ3v) is 5.28. The summed E-state index contributed by atoms with van der Waals surface area (Å²) in [6.07, 6.45) is 2.24. The zero-order valence-corrected chi connectivity index (χ0v) is 17.8. The van der Waals surface area contributed by atoms with Crippen LogP contribution in [0.4, 0.5) is 0 Å². The molecule has 0 fully saturated rings. The standard InChI is InChI=1S/C27H24N2O3/c1-2-6-22(18-26(30)31)20-9-12-23(13-10-20)32-25(17-19-7-4-3-5-8-19)24-14-11-21-15-16-28-27(21)29-24/h3-5,7-16,22,25H,17-18H2,1H3,(H,28,29)(H,30,31)/t22?,25-/m0/s1. The molecule has 2 aromatic carbocycles. The number of fused-ring (bicyclic) bond motifs is 1. The first-order chi connectivity index (χ1) is 15.6. The highest BCUT2D eigenvalue weighted by molar-refractivity contribution is 5.75. The number of aromatic nitrogens is 2. The molecule has 0 bridgehead atoms. The van der Waals surface area contributed by atoms with Crippen molar-refractivity contribution in [2.45, 2.75) is 31.8 Å². The number of carboxylic acid groups (broad SMARTS) is 1. The number of H-pyrrole nitrogens is 1. The molecular formula is C27H24N2O3. The molecule has 2 N–H and O–H groups in total. The average Bonchev–Trinajstić information content (AvgIpc) is 3.27. The van der Waals surface area contributed by atoms with Crippen molar-refractivity contribution in [1.82, 2.24) is 9.97 Å². The maximum atomic E-state index is 11.2. The van der Waals surface area contributed by atoms with E-state index in [1.165, 1.54) is 0 Å². The lowest BCUT2D eigenvalue weighted by molar-refractivity contribution is -0.137. The van der Waals surface area contributed by atoms with Crippen LogP contribution in [0.2, 0.25) is 0 Å². The highest BCUT2D eigenvalue weighted by atomic mass is 16.5. The average molecular weight is 425 g/mol. The SMILES string of the molecule is CC#CC(CC(=O)O)c1ccc(O[C@@H](Cc2ccccc2)c2ccc3cc[nH]c3n2)cc1. The smallest absolute Gasteiger partial charge is 0.304 e. The van der Waals surface area contributed by atoms with Gasteiger partial charge in [-0.25, -0.2) is 4.98 Å². The van der Waals surface area contributed by atoms with Crippen LogP contribution < -0.4 is 4.74 Å². The highest BCUT2D eigenvalue weighted by Gasteiger charge is 2.18. The lowest BCUT2D eigenvalue weighted by Gasteiger charge is -2.20. The first kappa shape index (κ1) is 21.2. The summed E-state index contributed by atoms with van der Waals surface area (Å²) < 4.78 is 6.38. The van der Waals surface area contributed by atoms with Crippen molar-refractivity contribution in [1.29, 1.82) is 0 Å². The van der Waals surface area contributed by atoms with Gasteiger partial charge in [-0.15, -0.1) is 5.92 Å². The Kier molecular flexibility index (Phi) is 6.52. The first-order valence-electron chi connectivity index (χ1n) is 10.5. The van der Waals surface area contributed by atoms with Crippen LogP contribution >= 0.6 is 0 Å². The predicted molar refractivity (Wildman–Crippen MR) is 124 cm³/mol. The van der Waals surface area contributed by atoms with Crippen LogP contribution in [0.5, 0.6) is 5.75 Å². The summed E-state index contributed by atoms with van der Waals surface area (Å²) in [6, 6.07) is 23.7. The number of rotatable bonds is 8. The zero-order chi connectivity index (χ0) is 22.3. The van der Waals surface area contributed by atoms with E-state index in [0.717, 1.165) is 27.9 Å². The number of carbonyl (C=O) groups is 1. The molecule has 2 atom stereocenters. The molecule has 0 saturated carbocycles. The Balaban J connectivity index is 1.60. The molecule has 4 rings (SSSR count). The van der Waals surface area contributed by atoms with Crippen molar-refractivity contribution >= 4 is 17.0 Å². The van der Waals surface area contributed by atoms with Crippen LogP contribution in [-0.4, -0.2) is 21.0 Å². The van der Waals surface area contributed by atoms with Crippen molar-refractivity contribution < 1.29 is 14.6 Å². The third kappa shape index (κ3) is 5.16. The Morgan fingerprint density at radius 1 is 1.06 bits per heavy atom. The number of hydrogen-bond donors (Lipinski definition) is 2. The topological polar surface area (TPSA) is 75.2 Å². The largest absolute Gasteiger partial charge is 0.484 e. The number of hydrogen-bond acceptors (Lipinski definition) is 3. The number of pyridine rings is 1. The Labute approximate surface area is 187 Å². The molecule has 0 aliphatic carbocycles. The maximum Gasteiger partial charge on any atom is 0.304 e. The van der Waals surface area contributed by atoms with Crippen LogP contribution in [0.15, 0.2) is 79.0 Å². The lowest BCUT2D eigenvalue weighted by atomic mass is 9.96. The van der Waals surface area contributed by atoms with Crippen molar-refractivity contribution in [3.05, 3.63) is 95.8 Å². The summed E-state index contributed by atoms with van der Waals surface area (Å²) in [5.41, 5.74) is 3.68. The van der Waals surface area contributed by atoms with E-state index in [1.807, 2.05) is 66.9 Å². The lowest BCUT2D eigenvalue weighted by Crippen LogP contribution is -2.13. The van der Waals surface area contributed by atoms with Gasteiger partial charge in [0, 0.05) is 18.0 Å². The molecule has 160 valence electrons. The summed E-state index contributed by atoms with van der Waals surface area (Å²) in [5, 5.41) is 10.2. The summed E-state index contributed by atoms with van der Waals surface area (Å²) in [7, 11) is 0. The number of aromatic amines is 1. The number of ether oxygens (including phenoxy) is 1. The van der Waals surface area contributed by atoms with Crippen LogP contribution in [0.25, 0.3) is 11.0 Å². The third-order valence-electron chi connectivity index (χ3n) is 5.28. The fourth-order valence-corrected chi connectivity index (χ4v) is 3.70. The molecule has 5 heteroatoms. The van der Waals surface area contributed by atoms with Gasteiger partial charge in [0.25, 0.3) is 0 Å². The van der Waals surface area contributed by atoms with Gasteiger partial charge < -0.3 is 14.8 Å². The summed E-state index contributed by atoms with van der Waals surface area (Å²) in [5.74, 6) is 5.29. The first-order valence-corrected chi connectivity index (χ1v) is 10.5. The Morgan fingerprint density at radius 3 is 2.56 bits per heavy atom. The second kappa shape index (κ2) is 9.84. The predicted octanol–water partition coefficient (Wildman–Crippen LogP) is 5.51. The molecule has 32 heavy (non-hydrogen) atoms. The van der Waals surface area contributed by atoms with E-state index in [0.29, 0.717) is 12.2 Å². The molecule has 0 amide bonds. The number of benzene rings is 2. The van der Waals surface area contributed by atoms with Gasteiger partial charge in [-0.3, -0.25) is 4.79 Å². The van der Waals surface area contributed by atoms with E-state index in [1.54, 1.807) is 6.92 Å². The van der Waals surface area contributed by atoms with Gasteiger partial charge in [0.05, 0.1) is 18.0 Å². The van der Waals surface area contributed by atoms with E-state index in [9.17, 15) is 4.79 Å². The molecule has 2 heterocycles. The Morgan fingerprint density at radius 2 is 1.84 bits per heavy atom. The number of aliphatic carboxylic acids is 1. The van der Waals surface area contributed by atoms with Crippen LogP contribution in [0.1, 0.15) is 42.2 Å². The molecular weight excluding hydrogens is 400 g/mol. The molecule has 4 aromatic rings. The Hall–Kier alpha value is -4.04. The van der Waals surface area contributed by atoms with E-state index < -0.39 is 5.97 Å². The van der Waals surface area contributed by atoms with Gasteiger partial charge in [0.15, 0.2) is 0 Å². The molecule has 1 unspecified atom stereocenters. The van der Waals surface area contributed by atoms with Crippen molar-refractivity contribution in [3.8, 4) is 17.6 Å². The second-order valence-corrected chi connectivity index (χ2v) is 7.56. The van der Waals surface area contributed by atoms with Gasteiger partial charge >= 0.3 is 5.97 Å². The van der Waals surface area contributed by atoms with E-state index >= 15 is 0 Å². The zero-order valence-electron chi connectivity index (χ0n) is 17.8. The minimum Gasteiger partial charge on any atom is -0.484 e. The molecule has 0 aliphatic heterocycles. The van der Waals surface area contributed by atoms with Crippen LogP contribution in [0.3, 0.4) is 0 Å². The van der Waals surface area contributed by atoms with E-state index in [4.69, 9.17) is 14.8 Å². The monoisotopic (exact) mass is 424 g/mol. The van der Waals surface area contributed by atoms with Gasteiger partial charge in [-0.1, -0.05) is 48.4 Å². The summed E-state index contributed by atoms with van der Waals surface area (Å²) in [6.45, 7) is 1.72. The molecule has 0 saturated heterocycles. The number of nitrogens with zero attached hydrogens (tertiary/aromatic N) is 1. The van der Waals surface area contributed by atoms with Crippen molar-refractivity contribution in [2.24, 2.45) is 0 Å². The Bertz CT molecular complexity index is 1250. The van der Waals surface area contributed by atoms with E-state index in [2.05, 4.69) is 29.0 Å². The molecule has 0 aliphatic rings. The van der Waals surface area contributed by atoms with Gasteiger partial charge in [0.2, 0.25) is 0 Å². The molecule has 5 nitrogen and oxygen atoms in total. The van der Waals surface area contributed by atoms with Crippen LogP contribution in [-0.2, 0) is 11.2 Å². The van der Waals surface area contributed by atoms with Crippen molar-refractivity contribution in [2.75, 3.05) is 0 Å². The second-order valence-electron chi connectivity index (χ2n) is 7.56. The normalized spacial score (nSPS) is 12.5. The van der Waals surface area contributed by atoms with Crippen LogP contribution in [0, 0.1) is 11.8 Å². The maximum absolute atomic E-state index is 11.2. The summed E-state index contributed by atoms with van der Waals surface area (Å²) in [4.78, 5) is 19.1. The van der Waals surface area contributed by atoms with Gasteiger partial charge in [0.1, 0.15) is 17.5 Å². The van der Waals surface area contributed by atoms with Crippen molar-refractivity contribution in [3.63, 3.8) is 0 Å². The minimum atomic E-state index is -0.869. The molecule has 0 radical (unpaired) electrons. The van der Waals surface area contributed by atoms with E-state index in [-0.39, 0.29) is 18.4 Å². The minimum absolute atomic E-state index is 0.0300. The highest BCUT2D eigenvalue weighted by Crippen LogP contribution is 2.28. The number of nitrogens with one attached hydrogen (secondary N) is 1. The molecule has 0 spiro atoms. The van der Waals surface area contributed by atoms with Gasteiger partial charge in [-0.2, -0.15) is 0 Å². The fraction of sp³-hybridized carbons (Fsp3) is 0.185.